The third-order valence-electron chi connectivity index (χ3n) is 3.34. The van der Waals surface area contributed by atoms with Crippen LogP contribution in [-0.2, 0) is 6.42 Å². The van der Waals surface area contributed by atoms with Crippen LogP contribution in [0.4, 0.5) is 0 Å². The Morgan fingerprint density at radius 3 is 2.41 bits per heavy atom. The zero-order chi connectivity index (χ0) is 16.1. The number of methoxy groups -OCH3 is 2. The van der Waals surface area contributed by atoms with Crippen LogP contribution in [0.25, 0.3) is 0 Å². The molecular formula is C17H17ClO4. The molecule has 0 radical (unpaired) electrons. The van der Waals surface area contributed by atoms with E-state index in [-0.39, 0.29) is 23.5 Å². The van der Waals surface area contributed by atoms with Gasteiger partial charge in [0.1, 0.15) is 22.8 Å². The molecule has 0 unspecified atom stereocenters. The maximum absolute atomic E-state index is 12.4. The van der Waals surface area contributed by atoms with Crippen molar-refractivity contribution in [2.75, 3.05) is 14.2 Å². The van der Waals surface area contributed by atoms with Gasteiger partial charge in [-0.1, -0.05) is 23.7 Å². The Labute approximate surface area is 134 Å². The van der Waals surface area contributed by atoms with Gasteiger partial charge in [-0.2, -0.15) is 0 Å². The molecule has 0 aromatic heterocycles. The van der Waals surface area contributed by atoms with E-state index in [1.807, 2.05) is 12.1 Å². The largest absolute Gasteiger partial charge is 0.507 e. The number of Topliss-reactive ketones (excluding diaryl/α,β-unsaturated/α-hetero) is 1. The van der Waals surface area contributed by atoms with Crippen molar-refractivity contribution in [2.24, 2.45) is 0 Å². The van der Waals surface area contributed by atoms with E-state index in [1.165, 1.54) is 20.3 Å². The zero-order valence-electron chi connectivity index (χ0n) is 12.4. The highest BCUT2D eigenvalue weighted by Crippen LogP contribution is 2.34. The molecule has 2 rings (SSSR count). The van der Waals surface area contributed by atoms with Crippen LogP contribution < -0.4 is 9.47 Å². The average molecular weight is 321 g/mol. The van der Waals surface area contributed by atoms with Crippen LogP contribution in [0, 0.1) is 0 Å². The van der Waals surface area contributed by atoms with Crippen LogP contribution in [0.2, 0.25) is 5.02 Å². The molecule has 0 saturated carbocycles. The third kappa shape index (κ3) is 3.71. The van der Waals surface area contributed by atoms with Crippen molar-refractivity contribution in [3.8, 4) is 17.2 Å². The monoisotopic (exact) mass is 320 g/mol. The molecule has 0 aliphatic heterocycles. The number of aryl methyl sites for hydroxylation is 1. The maximum Gasteiger partial charge on any atom is 0.170 e. The fourth-order valence-electron chi connectivity index (χ4n) is 2.17. The SMILES string of the molecule is COc1cc(O)c(C(=O)CCc2ccc(Cl)cc2)c(OC)c1. The summed E-state index contributed by atoms with van der Waals surface area (Å²) in [6.45, 7) is 0. The molecule has 0 atom stereocenters. The number of hydrogen-bond acceptors (Lipinski definition) is 4. The highest BCUT2D eigenvalue weighted by Gasteiger charge is 2.19. The molecule has 0 spiro atoms. The fourth-order valence-corrected chi connectivity index (χ4v) is 2.30. The molecule has 0 aliphatic rings. The number of phenolic OH excluding ortho intramolecular Hbond substituents is 1. The number of rotatable bonds is 6. The summed E-state index contributed by atoms with van der Waals surface area (Å²) >= 11 is 5.83. The van der Waals surface area contributed by atoms with Gasteiger partial charge in [-0.25, -0.2) is 0 Å². The van der Waals surface area contributed by atoms with Crippen molar-refractivity contribution in [2.45, 2.75) is 12.8 Å². The van der Waals surface area contributed by atoms with Crippen LogP contribution in [0.5, 0.6) is 17.2 Å². The minimum absolute atomic E-state index is 0.141. The van der Waals surface area contributed by atoms with Gasteiger partial charge in [0.15, 0.2) is 5.78 Å². The third-order valence-corrected chi connectivity index (χ3v) is 3.60. The Bertz CT molecular complexity index is 665. The molecule has 5 heteroatoms. The van der Waals surface area contributed by atoms with Gasteiger partial charge in [0.2, 0.25) is 0 Å². The number of carbonyl (C=O) groups is 1. The first kappa shape index (κ1) is 16.2. The second kappa shape index (κ2) is 7.18. The number of carbonyl (C=O) groups excluding carboxylic acids is 1. The predicted molar refractivity (Wildman–Crippen MR) is 85.3 cm³/mol. The first-order chi connectivity index (χ1) is 10.5. The normalized spacial score (nSPS) is 10.3. The maximum atomic E-state index is 12.4. The van der Waals surface area contributed by atoms with E-state index < -0.39 is 0 Å². The van der Waals surface area contributed by atoms with Gasteiger partial charge in [0, 0.05) is 23.6 Å². The lowest BCUT2D eigenvalue weighted by atomic mass is 10.0. The molecule has 0 aliphatic carbocycles. The van der Waals surface area contributed by atoms with Gasteiger partial charge in [0.25, 0.3) is 0 Å². The van der Waals surface area contributed by atoms with Crippen LogP contribution in [-0.4, -0.2) is 25.1 Å². The Morgan fingerprint density at radius 2 is 1.82 bits per heavy atom. The fraction of sp³-hybridized carbons (Fsp3) is 0.235. The predicted octanol–water partition coefficient (Wildman–Crippen LogP) is 3.88. The molecule has 2 aromatic carbocycles. The van der Waals surface area contributed by atoms with Gasteiger partial charge in [0.05, 0.1) is 14.2 Å². The van der Waals surface area contributed by atoms with Gasteiger partial charge in [-0.15, -0.1) is 0 Å². The summed E-state index contributed by atoms with van der Waals surface area (Å²) in [7, 11) is 2.93. The molecular weight excluding hydrogens is 304 g/mol. The van der Waals surface area contributed by atoms with Crippen molar-refractivity contribution in [1.82, 2.24) is 0 Å². The van der Waals surface area contributed by atoms with Crippen molar-refractivity contribution < 1.29 is 19.4 Å². The number of halogens is 1. The van der Waals surface area contributed by atoms with E-state index in [0.29, 0.717) is 22.9 Å². The van der Waals surface area contributed by atoms with Crippen molar-refractivity contribution in [3.05, 3.63) is 52.5 Å². The Hall–Kier alpha value is -2.20. The highest BCUT2D eigenvalue weighted by molar-refractivity contribution is 6.30. The molecule has 0 heterocycles. The quantitative estimate of drug-likeness (QED) is 0.821. The first-order valence-electron chi connectivity index (χ1n) is 6.77. The molecule has 22 heavy (non-hydrogen) atoms. The van der Waals surface area contributed by atoms with Crippen molar-refractivity contribution in [3.63, 3.8) is 0 Å². The van der Waals surface area contributed by atoms with E-state index in [2.05, 4.69) is 0 Å². The lowest BCUT2D eigenvalue weighted by Gasteiger charge is -2.12. The standard InChI is InChI=1S/C17H17ClO4/c1-21-13-9-15(20)17(16(10-13)22-2)14(19)8-5-11-3-6-12(18)7-4-11/h3-4,6-7,9-10,20H,5,8H2,1-2H3. The van der Waals surface area contributed by atoms with Crippen LogP contribution in [0.3, 0.4) is 0 Å². The summed E-state index contributed by atoms with van der Waals surface area (Å²) in [5.41, 5.74) is 1.18. The summed E-state index contributed by atoms with van der Waals surface area (Å²) in [6.07, 6.45) is 0.822. The van der Waals surface area contributed by atoms with E-state index in [9.17, 15) is 9.90 Å². The van der Waals surface area contributed by atoms with Gasteiger partial charge in [-0.3, -0.25) is 4.79 Å². The summed E-state index contributed by atoms with van der Waals surface area (Å²) in [5.74, 6) is 0.408. The topological polar surface area (TPSA) is 55.8 Å². The van der Waals surface area contributed by atoms with E-state index in [4.69, 9.17) is 21.1 Å². The van der Waals surface area contributed by atoms with Crippen LogP contribution in [0.15, 0.2) is 36.4 Å². The summed E-state index contributed by atoms with van der Waals surface area (Å²) in [4.78, 5) is 12.4. The van der Waals surface area contributed by atoms with Crippen LogP contribution in [0.1, 0.15) is 22.3 Å². The molecule has 0 amide bonds. The molecule has 2 aromatic rings. The van der Waals surface area contributed by atoms with Gasteiger partial charge < -0.3 is 14.6 Å². The molecule has 0 fully saturated rings. The average Bonchev–Trinajstić information content (AvgIpc) is 2.53. The smallest absolute Gasteiger partial charge is 0.170 e. The van der Waals surface area contributed by atoms with E-state index >= 15 is 0 Å². The second-order valence-electron chi connectivity index (χ2n) is 4.77. The van der Waals surface area contributed by atoms with Gasteiger partial charge in [-0.05, 0) is 24.1 Å². The van der Waals surface area contributed by atoms with E-state index in [0.717, 1.165) is 5.56 Å². The minimum Gasteiger partial charge on any atom is -0.507 e. The number of aromatic hydroxyl groups is 1. The lowest BCUT2D eigenvalue weighted by molar-refractivity contribution is 0.0977. The summed E-state index contributed by atoms with van der Waals surface area (Å²) in [6, 6.07) is 10.3. The van der Waals surface area contributed by atoms with Crippen molar-refractivity contribution >= 4 is 17.4 Å². The molecule has 0 saturated heterocycles. The number of ketones is 1. The Morgan fingerprint density at radius 1 is 1.14 bits per heavy atom. The number of hydrogen-bond donors (Lipinski definition) is 1. The van der Waals surface area contributed by atoms with Gasteiger partial charge >= 0.3 is 0 Å². The van der Waals surface area contributed by atoms with Crippen molar-refractivity contribution in [1.29, 1.82) is 0 Å². The molecule has 0 bridgehead atoms. The number of phenols is 1. The number of benzene rings is 2. The Kier molecular flexibility index (Phi) is 5.28. The van der Waals surface area contributed by atoms with Crippen LogP contribution >= 0.6 is 11.6 Å². The lowest BCUT2D eigenvalue weighted by Crippen LogP contribution is -2.05. The Balaban J connectivity index is 2.17. The molecule has 116 valence electrons. The highest BCUT2D eigenvalue weighted by atomic mass is 35.5. The summed E-state index contributed by atoms with van der Waals surface area (Å²) < 4.78 is 10.2. The minimum atomic E-state index is -0.188. The zero-order valence-corrected chi connectivity index (χ0v) is 13.2. The second-order valence-corrected chi connectivity index (χ2v) is 5.21. The number of ether oxygens (including phenoxy) is 2. The molecule has 4 nitrogen and oxygen atoms in total. The first-order valence-corrected chi connectivity index (χ1v) is 7.15. The summed E-state index contributed by atoms with van der Waals surface area (Å²) in [5, 5.41) is 10.7. The molecule has 1 N–H and O–H groups in total. The van der Waals surface area contributed by atoms with E-state index in [1.54, 1.807) is 18.2 Å².